The van der Waals surface area contributed by atoms with Crippen LogP contribution in [0.2, 0.25) is 0 Å². The SMILES string of the molecule is CCCN1CCc2c(sc(NC(=O)c3cccc(NS(=O)(=O)c4ccc(OC)cc4)c3)c2-c2nc3ccccc3s2)C1.Cl. The van der Waals surface area contributed by atoms with E-state index in [1.54, 1.807) is 59.1 Å². The van der Waals surface area contributed by atoms with Gasteiger partial charge >= 0.3 is 0 Å². The molecule has 0 aliphatic carbocycles. The fourth-order valence-corrected chi connectivity index (χ4v) is 8.57. The van der Waals surface area contributed by atoms with E-state index in [1.165, 1.54) is 29.7 Å². The van der Waals surface area contributed by atoms with Gasteiger partial charge in [-0.1, -0.05) is 25.1 Å². The Hall–Kier alpha value is -3.48. The molecule has 224 valence electrons. The van der Waals surface area contributed by atoms with Gasteiger partial charge in [0.25, 0.3) is 15.9 Å². The second kappa shape index (κ2) is 13.0. The summed E-state index contributed by atoms with van der Waals surface area (Å²) in [5.74, 6) is 0.248. The number of fused-ring (bicyclic) bond motifs is 2. The van der Waals surface area contributed by atoms with Crippen molar-refractivity contribution in [3.63, 3.8) is 0 Å². The number of para-hydroxylation sites is 1. The van der Waals surface area contributed by atoms with Gasteiger partial charge in [-0.3, -0.25) is 14.4 Å². The number of carbonyl (C=O) groups is 1. The number of halogens is 1. The van der Waals surface area contributed by atoms with E-state index < -0.39 is 10.0 Å². The minimum atomic E-state index is -3.85. The largest absolute Gasteiger partial charge is 0.497 e. The van der Waals surface area contributed by atoms with Crippen LogP contribution in [0.4, 0.5) is 10.7 Å². The standard InChI is InChI=1S/C31H30N4O4S3.ClH/c1-3-16-35-17-15-24-27(19-35)41-31(28(24)30-32-25-9-4-5-10-26(25)40-30)33-29(36)20-7-6-8-21(18-20)34-42(37,38)23-13-11-22(39-2)12-14-23;/h4-14,18,34H,3,15-17,19H2,1-2H3,(H,33,36);1H. The third-order valence-corrected chi connectivity index (χ3v) is 10.7. The number of benzene rings is 3. The van der Waals surface area contributed by atoms with Crippen LogP contribution in [0.1, 0.15) is 34.1 Å². The lowest BCUT2D eigenvalue weighted by Crippen LogP contribution is -2.30. The van der Waals surface area contributed by atoms with Crippen LogP contribution < -0.4 is 14.8 Å². The maximum absolute atomic E-state index is 13.6. The van der Waals surface area contributed by atoms with Crippen molar-refractivity contribution < 1.29 is 17.9 Å². The summed E-state index contributed by atoms with van der Waals surface area (Å²) in [5.41, 5.74) is 3.83. The van der Waals surface area contributed by atoms with Crippen LogP contribution in [-0.2, 0) is 23.0 Å². The highest BCUT2D eigenvalue weighted by atomic mass is 35.5. The average Bonchev–Trinajstić information content (AvgIpc) is 3.57. The number of nitrogens with zero attached hydrogens (tertiary/aromatic N) is 2. The number of rotatable bonds is 9. The molecule has 0 fully saturated rings. The van der Waals surface area contributed by atoms with Crippen LogP contribution in [-0.4, -0.2) is 44.4 Å². The Morgan fingerprint density at radius 3 is 2.58 bits per heavy atom. The Morgan fingerprint density at radius 2 is 1.84 bits per heavy atom. The van der Waals surface area contributed by atoms with Crippen LogP contribution in [0, 0.1) is 0 Å². The van der Waals surface area contributed by atoms with Crippen LogP contribution in [0.3, 0.4) is 0 Å². The highest BCUT2D eigenvalue weighted by molar-refractivity contribution is 7.92. The van der Waals surface area contributed by atoms with E-state index in [1.807, 2.05) is 18.2 Å². The molecule has 5 aromatic rings. The summed E-state index contributed by atoms with van der Waals surface area (Å²) in [5, 5.41) is 4.81. The van der Waals surface area contributed by atoms with E-state index in [0.717, 1.165) is 58.3 Å². The Labute approximate surface area is 265 Å². The number of ether oxygens (including phenoxy) is 1. The van der Waals surface area contributed by atoms with Crippen molar-refractivity contribution in [1.29, 1.82) is 0 Å². The molecule has 8 nitrogen and oxygen atoms in total. The zero-order valence-corrected chi connectivity index (χ0v) is 26.9. The maximum atomic E-state index is 13.6. The second-order valence-corrected chi connectivity index (χ2v) is 13.9. The minimum Gasteiger partial charge on any atom is -0.497 e. The predicted octanol–water partition coefficient (Wildman–Crippen LogP) is 7.28. The van der Waals surface area contributed by atoms with E-state index >= 15 is 0 Å². The first-order valence-corrected chi connectivity index (χ1v) is 16.8. The number of hydrogen-bond acceptors (Lipinski definition) is 8. The number of hydrogen-bond donors (Lipinski definition) is 2. The fraction of sp³-hybridized carbons (Fsp3) is 0.226. The molecule has 2 N–H and O–H groups in total. The van der Waals surface area contributed by atoms with E-state index in [-0.39, 0.29) is 23.2 Å². The molecule has 3 heterocycles. The molecule has 0 bridgehead atoms. The van der Waals surface area contributed by atoms with Crippen molar-refractivity contribution in [3.05, 3.63) is 88.8 Å². The van der Waals surface area contributed by atoms with Crippen molar-refractivity contribution in [2.45, 2.75) is 31.2 Å². The Bertz CT molecular complexity index is 1840. The van der Waals surface area contributed by atoms with Crippen molar-refractivity contribution in [2.75, 3.05) is 30.2 Å². The number of carbonyl (C=O) groups excluding carboxylic acids is 1. The van der Waals surface area contributed by atoms with Gasteiger partial charge in [-0.05, 0) is 79.5 Å². The summed E-state index contributed by atoms with van der Waals surface area (Å²) >= 11 is 3.24. The lowest BCUT2D eigenvalue weighted by Gasteiger charge is -2.26. The molecule has 0 saturated heterocycles. The Morgan fingerprint density at radius 1 is 1.05 bits per heavy atom. The number of methoxy groups -OCH3 is 1. The highest BCUT2D eigenvalue weighted by Crippen LogP contribution is 2.46. The first-order valence-electron chi connectivity index (χ1n) is 13.7. The molecule has 1 aliphatic rings. The van der Waals surface area contributed by atoms with E-state index in [9.17, 15) is 13.2 Å². The summed E-state index contributed by atoms with van der Waals surface area (Å²) in [6.07, 6.45) is 1.99. The third kappa shape index (κ3) is 6.56. The van der Waals surface area contributed by atoms with Gasteiger partial charge in [0, 0.05) is 34.8 Å². The summed E-state index contributed by atoms with van der Waals surface area (Å²) in [4.78, 5) is 22.3. The third-order valence-electron chi connectivity index (χ3n) is 7.16. The first-order chi connectivity index (χ1) is 20.3. The van der Waals surface area contributed by atoms with Gasteiger partial charge in [-0.25, -0.2) is 13.4 Å². The summed E-state index contributed by atoms with van der Waals surface area (Å²) < 4.78 is 34.8. The topological polar surface area (TPSA) is 101 Å². The Balaban J connectivity index is 0.00000368. The van der Waals surface area contributed by atoms with Crippen LogP contribution in [0.15, 0.2) is 77.7 Å². The minimum absolute atomic E-state index is 0. The lowest BCUT2D eigenvalue weighted by atomic mass is 10.0. The van der Waals surface area contributed by atoms with Gasteiger partial charge in [0.05, 0.1) is 22.2 Å². The van der Waals surface area contributed by atoms with Crippen molar-refractivity contribution in [3.8, 4) is 16.3 Å². The molecular weight excluding hydrogens is 624 g/mol. The Kier molecular flexibility index (Phi) is 9.38. The number of thiophene rings is 1. The zero-order valence-electron chi connectivity index (χ0n) is 23.6. The molecule has 0 saturated carbocycles. The smallest absolute Gasteiger partial charge is 0.261 e. The second-order valence-electron chi connectivity index (χ2n) is 10.0. The highest BCUT2D eigenvalue weighted by Gasteiger charge is 2.28. The normalized spacial score (nSPS) is 13.3. The van der Waals surface area contributed by atoms with Crippen LogP contribution >= 0.6 is 35.1 Å². The molecule has 0 radical (unpaired) electrons. The molecule has 0 spiro atoms. The molecule has 0 unspecified atom stereocenters. The molecule has 1 amide bonds. The number of amides is 1. The van der Waals surface area contributed by atoms with Gasteiger partial charge < -0.3 is 10.1 Å². The summed E-state index contributed by atoms with van der Waals surface area (Å²) in [6.45, 7) is 5.05. The summed E-state index contributed by atoms with van der Waals surface area (Å²) in [7, 11) is -2.33. The number of thiazole rings is 1. The van der Waals surface area contributed by atoms with E-state index in [2.05, 4.69) is 27.9 Å². The quantitative estimate of drug-likeness (QED) is 0.173. The molecule has 6 rings (SSSR count). The molecule has 1 aliphatic heterocycles. The average molecular weight is 655 g/mol. The number of nitrogens with one attached hydrogen (secondary N) is 2. The predicted molar refractivity (Wildman–Crippen MR) is 178 cm³/mol. The lowest BCUT2D eigenvalue weighted by molar-refractivity contribution is 0.102. The number of aromatic nitrogens is 1. The molecule has 3 aromatic carbocycles. The molecule has 2 aromatic heterocycles. The van der Waals surface area contributed by atoms with Gasteiger partial charge in [0.15, 0.2) is 0 Å². The van der Waals surface area contributed by atoms with Gasteiger partial charge in [0.1, 0.15) is 15.8 Å². The summed E-state index contributed by atoms with van der Waals surface area (Å²) in [6, 6.07) is 20.7. The molecular formula is C31H31ClN4O4S3. The first kappa shape index (κ1) is 31.0. The van der Waals surface area contributed by atoms with E-state index in [0.29, 0.717) is 17.0 Å². The van der Waals surface area contributed by atoms with Crippen molar-refractivity contribution in [2.24, 2.45) is 0 Å². The van der Waals surface area contributed by atoms with Crippen LogP contribution in [0.25, 0.3) is 20.8 Å². The molecule has 43 heavy (non-hydrogen) atoms. The van der Waals surface area contributed by atoms with Gasteiger partial charge in [0.2, 0.25) is 0 Å². The fourth-order valence-electron chi connectivity index (χ4n) is 5.13. The molecule has 0 atom stereocenters. The maximum Gasteiger partial charge on any atom is 0.261 e. The number of sulfonamides is 1. The van der Waals surface area contributed by atoms with E-state index in [4.69, 9.17) is 9.72 Å². The van der Waals surface area contributed by atoms with Crippen molar-refractivity contribution >= 4 is 71.9 Å². The monoisotopic (exact) mass is 654 g/mol. The number of anilines is 2. The zero-order chi connectivity index (χ0) is 29.3. The molecule has 12 heteroatoms. The van der Waals surface area contributed by atoms with Crippen molar-refractivity contribution in [1.82, 2.24) is 9.88 Å². The van der Waals surface area contributed by atoms with Crippen LogP contribution in [0.5, 0.6) is 5.75 Å². The van der Waals surface area contributed by atoms with Gasteiger partial charge in [-0.15, -0.1) is 35.1 Å². The van der Waals surface area contributed by atoms with Gasteiger partial charge in [-0.2, -0.15) is 0 Å².